The van der Waals surface area contributed by atoms with E-state index in [9.17, 15) is 9.18 Å². The van der Waals surface area contributed by atoms with E-state index in [4.69, 9.17) is 15.6 Å². The number of nitrogens with one attached hydrogen (secondary N) is 1. The van der Waals surface area contributed by atoms with Gasteiger partial charge in [-0.05, 0) is 49.5 Å². The third-order valence-corrected chi connectivity index (χ3v) is 6.61. The molecular weight excluding hydrogens is 435 g/mol. The summed E-state index contributed by atoms with van der Waals surface area (Å²) in [5.74, 6) is -0.0827. The molecule has 2 aliphatic rings. The monoisotopic (exact) mass is 462 g/mol. The van der Waals surface area contributed by atoms with Gasteiger partial charge in [0.1, 0.15) is 29.4 Å². The highest BCUT2D eigenvalue weighted by atomic mass is 19.1. The quantitative estimate of drug-likeness (QED) is 0.568. The van der Waals surface area contributed by atoms with E-state index in [1.807, 2.05) is 16.8 Å². The first-order valence-electron chi connectivity index (χ1n) is 11.5. The summed E-state index contributed by atoms with van der Waals surface area (Å²) in [7, 11) is 1.45. The molecule has 2 aromatic heterocycles. The zero-order chi connectivity index (χ0) is 23.7. The number of carbonyl (C=O) groups excluding carboxylic acids is 1. The topological polar surface area (TPSA) is 108 Å². The minimum atomic E-state index is -0.483. The number of rotatable bonds is 6. The van der Waals surface area contributed by atoms with Crippen LogP contribution in [0.2, 0.25) is 0 Å². The molecule has 3 N–H and O–H groups in total. The highest BCUT2D eigenvalue weighted by Gasteiger charge is 2.25. The zero-order valence-electron chi connectivity index (χ0n) is 19.1. The molecule has 0 unspecified atom stereocenters. The standard InChI is InChI=1S/C25H27FN6O2/c1-34-20-11-10-17(26)12-19(20)25(33)28-13-15-6-8-16(9-7-15)22-21-23(27)29-14-30-24(21)32(31-22)18-4-2-3-5-18/h6,8,10-12,14,18H,2-5,7,9,13H2,1H3,(H,28,33)(H2,27,29,30). The fourth-order valence-corrected chi connectivity index (χ4v) is 4.80. The smallest absolute Gasteiger partial charge is 0.255 e. The van der Waals surface area contributed by atoms with Crippen LogP contribution < -0.4 is 15.8 Å². The third kappa shape index (κ3) is 4.13. The lowest BCUT2D eigenvalue weighted by Crippen LogP contribution is -2.26. The number of hydrogen-bond donors (Lipinski definition) is 2. The average Bonchev–Trinajstić information content (AvgIpc) is 3.52. The van der Waals surface area contributed by atoms with E-state index in [0.717, 1.165) is 53.6 Å². The van der Waals surface area contributed by atoms with Crippen LogP contribution >= 0.6 is 0 Å². The Bertz CT molecular complexity index is 1310. The van der Waals surface area contributed by atoms with Gasteiger partial charge in [0.15, 0.2) is 5.65 Å². The SMILES string of the molecule is COc1ccc(F)cc1C(=O)NCC1=CC=C(c2nn(C3CCCC3)c3ncnc(N)c23)CC1. The van der Waals surface area contributed by atoms with E-state index >= 15 is 0 Å². The van der Waals surface area contributed by atoms with Gasteiger partial charge in [-0.15, -0.1) is 0 Å². The first-order valence-corrected chi connectivity index (χ1v) is 11.5. The van der Waals surface area contributed by atoms with Gasteiger partial charge in [0.05, 0.1) is 24.1 Å². The molecule has 1 aromatic carbocycles. The molecule has 0 spiro atoms. The Labute approximate surface area is 196 Å². The van der Waals surface area contributed by atoms with Gasteiger partial charge in [-0.1, -0.05) is 30.6 Å². The molecule has 0 aliphatic heterocycles. The minimum Gasteiger partial charge on any atom is -0.496 e. The van der Waals surface area contributed by atoms with Gasteiger partial charge in [0.2, 0.25) is 0 Å². The molecule has 0 radical (unpaired) electrons. The van der Waals surface area contributed by atoms with E-state index < -0.39 is 5.82 Å². The Kier molecular flexibility index (Phi) is 6.00. The number of carbonyl (C=O) groups is 1. The fourth-order valence-electron chi connectivity index (χ4n) is 4.80. The van der Waals surface area contributed by atoms with Crippen molar-refractivity contribution in [3.05, 3.63) is 59.3 Å². The molecule has 3 aromatic rings. The normalized spacial score (nSPS) is 16.4. The van der Waals surface area contributed by atoms with Crippen molar-refractivity contribution >= 4 is 28.3 Å². The maximum absolute atomic E-state index is 13.6. The van der Waals surface area contributed by atoms with Crippen molar-refractivity contribution in [1.29, 1.82) is 0 Å². The van der Waals surface area contributed by atoms with E-state index in [1.54, 1.807) is 0 Å². The second kappa shape index (κ2) is 9.24. The van der Waals surface area contributed by atoms with Crippen LogP contribution in [0.25, 0.3) is 16.6 Å². The number of allylic oxidation sites excluding steroid dienone is 3. The van der Waals surface area contributed by atoms with E-state index in [-0.39, 0.29) is 11.5 Å². The Hall–Kier alpha value is -3.75. The van der Waals surface area contributed by atoms with Crippen molar-refractivity contribution < 1.29 is 13.9 Å². The molecule has 34 heavy (non-hydrogen) atoms. The van der Waals surface area contributed by atoms with Crippen LogP contribution in [0.1, 0.15) is 60.6 Å². The number of amides is 1. The van der Waals surface area contributed by atoms with Crippen LogP contribution in [0.4, 0.5) is 10.2 Å². The third-order valence-electron chi connectivity index (χ3n) is 6.61. The second-order valence-electron chi connectivity index (χ2n) is 8.73. The summed E-state index contributed by atoms with van der Waals surface area (Å²) in [6, 6.07) is 4.24. The molecule has 1 amide bonds. The Morgan fingerprint density at radius 2 is 2.06 bits per heavy atom. The van der Waals surface area contributed by atoms with Gasteiger partial charge >= 0.3 is 0 Å². The van der Waals surface area contributed by atoms with Crippen molar-refractivity contribution in [3.63, 3.8) is 0 Å². The number of hydrogen-bond acceptors (Lipinski definition) is 6. The summed E-state index contributed by atoms with van der Waals surface area (Å²) in [4.78, 5) is 21.3. The number of benzene rings is 1. The number of anilines is 1. The molecule has 2 aliphatic carbocycles. The molecular formula is C25H27FN6O2. The van der Waals surface area contributed by atoms with Crippen LogP contribution in [0.5, 0.6) is 5.75 Å². The number of halogens is 1. The number of nitrogens with zero attached hydrogens (tertiary/aromatic N) is 4. The Morgan fingerprint density at radius 1 is 1.24 bits per heavy atom. The predicted molar refractivity (Wildman–Crippen MR) is 128 cm³/mol. The fraction of sp³-hybridized carbons (Fsp3) is 0.360. The lowest BCUT2D eigenvalue weighted by molar-refractivity contribution is 0.0953. The number of nitrogens with two attached hydrogens (primary N) is 1. The van der Waals surface area contributed by atoms with E-state index in [1.165, 1.54) is 44.5 Å². The number of ether oxygens (including phenoxy) is 1. The molecule has 9 heteroatoms. The summed E-state index contributed by atoms with van der Waals surface area (Å²) < 4.78 is 20.8. The molecule has 5 rings (SSSR count). The summed E-state index contributed by atoms with van der Waals surface area (Å²) in [5, 5.41) is 8.61. The van der Waals surface area contributed by atoms with Gasteiger partial charge in [0, 0.05) is 6.54 Å². The van der Waals surface area contributed by atoms with Gasteiger partial charge < -0.3 is 15.8 Å². The zero-order valence-corrected chi connectivity index (χ0v) is 19.1. The van der Waals surface area contributed by atoms with E-state index in [2.05, 4.69) is 15.3 Å². The molecule has 0 saturated heterocycles. The molecule has 176 valence electrons. The van der Waals surface area contributed by atoms with Crippen LogP contribution in [0, 0.1) is 5.82 Å². The van der Waals surface area contributed by atoms with Crippen molar-refractivity contribution in [1.82, 2.24) is 25.1 Å². The summed E-state index contributed by atoms with van der Waals surface area (Å²) in [6.07, 6.45) is 11.6. The van der Waals surface area contributed by atoms with Crippen LogP contribution in [0.3, 0.4) is 0 Å². The molecule has 0 atom stereocenters. The van der Waals surface area contributed by atoms with E-state index in [0.29, 0.717) is 24.2 Å². The first-order chi connectivity index (χ1) is 16.5. The van der Waals surface area contributed by atoms with Crippen LogP contribution in [-0.4, -0.2) is 39.3 Å². The summed E-state index contributed by atoms with van der Waals surface area (Å²) in [6.45, 7) is 0.366. The maximum Gasteiger partial charge on any atom is 0.255 e. The number of methoxy groups -OCH3 is 1. The molecule has 1 saturated carbocycles. The van der Waals surface area contributed by atoms with Crippen molar-refractivity contribution in [2.75, 3.05) is 19.4 Å². The molecule has 8 nitrogen and oxygen atoms in total. The lowest BCUT2D eigenvalue weighted by atomic mass is 9.95. The first kappa shape index (κ1) is 22.1. The van der Waals surface area contributed by atoms with Crippen LogP contribution in [0.15, 0.2) is 42.3 Å². The van der Waals surface area contributed by atoms with Gasteiger partial charge in [-0.3, -0.25) is 4.79 Å². The number of nitrogen functional groups attached to an aromatic ring is 1. The van der Waals surface area contributed by atoms with Gasteiger partial charge in [0.25, 0.3) is 5.91 Å². The van der Waals surface area contributed by atoms with Gasteiger partial charge in [-0.2, -0.15) is 5.10 Å². The van der Waals surface area contributed by atoms with Crippen molar-refractivity contribution in [2.45, 2.75) is 44.6 Å². The Balaban J connectivity index is 1.36. The summed E-state index contributed by atoms with van der Waals surface area (Å²) >= 11 is 0. The van der Waals surface area contributed by atoms with Gasteiger partial charge in [-0.25, -0.2) is 19.0 Å². The number of aromatic nitrogens is 4. The van der Waals surface area contributed by atoms with Crippen molar-refractivity contribution in [2.24, 2.45) is 0 Å². The number of fused-ring (bicyclic) bond motifs is 1. The average molecular weight is 463 g/mol. The molecule has 1 fully saturated rings. The molecule has 0 bridgehead atoms. The highest BCUT2D eigenvalue weighted by molar-refractivity contribution is 5.97. The highest BCUT2D eigenvalue weighted by Crippen LogP contribution is 2.37. The predicted octanol–water partition coefficient (Wildman–Crippen LogP) is 4.20. The Morgan fingerprint density at radius 3 is 2.79 bits per heavy atom. The maximum atomic E-state index is 13.6. The van der Waals surface area contributed by atoms with Crippen molar-refractivity contribution in [3.8, 4) is 5.75 Å². The minimum absolute atomic E-state index is 0.175. The second-order valence-corrected chi connectivity index (χ2v) is 8.73. The molecule has 2 heterocycles. The lowest BCUT2D eigenvalue weighted by Gasteiger charge is -2.15. The summed E-state index contributed by atoms with van der Waals surface area (Å²) in [5.41, 5.74) is 10.2. The largest absolute Gasteiger partial charge is 0.496 e. The van der Waals surface area contributed by atoms with Crippen LogP contribution in [-0.2, 0) is 0 Å².